The fourth-order valence-electron chi connectivity index (χ4n) is 3.32. The predicted molar refractivity (Wildman–Crippen MR) is 107 cm³/mol. The second-order valence-electron chi connectivity index (χ2n) is 7.17. The average molecular weight is 419 g/mol. The lowest BCUT2D eigenvalue weighted by molar-refractivity contribution is -0.137. The van der Waals surface area contributed by atoms with E-state index < -0.39 is 17.6 Å². The number of amides is 2. The van der Waals surface area contributed by atoms with Crippen LogP contribution >= 0.6 is 0 Å². The third-order valence-electron chi connectivity index (χ3n) is 5.06. The van der Waals surface area contributed by atoms with Crippen LogP contribution in [0.5, 0.6) is 0 Å². The van der Waals surface area contributed by atoms with Crippen LogP contribution in [0, 0.1) is 0 Å². The highest BCUT2D eigenvalue weighted by atomic mass is 19.4. The van der Waals surface area contributed by atoms with Crippen molar-refractivity contribution in [3.8, 4) is 0 Å². The molecule has 0 radical (unpaired) electrons. The second kappa shape index (κ2) is 9.75. The summed E-state index contributed by atoms with van der Waals surface area (Å²) < 4.78 is 38.4. The van der Waals surface area contributed by atoms with Crippen LogP contribution in [0.25, 0.3) is 0 Å². The number of carbonyl (C=O) groups excluding carboxylic acids is 2. The monoisotopic (exact) mass is 419 g/mol. The minimum absolute atomic E-state index is 0.104. The van der Waals surface area contributed by atoms with Gasteiger partial charge in [0.25, 0.3) is 5.91 Å². The van der Waals surface area contributed by atoms with Gasteiger partial charge < -0.3 is 15.1 Å². The number of hydrogen-bond donors (Lipinski definition) is 1. The van der Waals surface area contributed by atoms with E-state index in [1.807, 2.05) is 30.3 Å². The van der Waals surface area contributed by atoms with E-state index in [-0.39, 0.29) is 18.0 Å². The SMILES string of the molecule is O=C(CN(CCc1ccccc1)C(=O)c1ccc(C(F)(F)F)cc1)N1CCNCC1. The smallest absolute Gasteiger partial charge is 0.339 e. The second-order valence-corrected chi connectivity index (χ2v) is 7.17. The van der Waals surface area contributed by atoms with Crippen molar-refractivity contribution in [2.75, 3.05) is 39.3 Å². The lowest BCUT2D eigenvalue weighted by atomic mass is 10.1. The van der Waals surface area contributed by atoms with Crippen LogP contribution in [0.15, 0.2) is 54.6 Å². The molecule has 1 N–H and O–H groups in total. The van der Waals surface area contributed by atoms with E-state index in [2.05, 4.69) is 5.32 Å². The Balaban J connectivity index is 1.74. The molecule has 0 unspecified atom stereocenters. The summed E-state index contributed by atoms with van der Waals surface area (Å²) in [6.45, 7) is 2.72. The zero-order chi connectivity index (χ0) is 21.6. The van der Waals surface area contributed by atoms with E-state index in [0.29, 0.717) is 39.1 Å². The molecule has 8 heteroatoms. The third-order valence-corrected chi connectivity index (χ3v) is 5.06. The van der Waals surface area contributed by atoms with E-state index in [9.17, 15) is 22.8 Å². The highest BCUT2D eigenvalue weighted by Gasteiger charge is 2.30. The van der Waals surface area contributed by atoms with Gasteiger partial charge in [0.05, 0.1) is 5.56 Å². The zero-order valence-electron chi connectivity index (χ0n) is 16.5. The Kier molecular flexibility index (Phi) is 7.10. The predicted octanol–water partition coefficient (Wildman–Crippen LogP) is 2.82. The summed E-state index contributed by atoms with van der Waals surface area (Å²) >= 11 is 0. The molecular formula is C22H24F3N3O2. The maximum atomic E-state index is 13.0. The van der Waals surface area contributed by atoms with E-state index in [1.165, 1.54) is 4.90 Å². The molecular weight excluding hydrogens is 395 g/mol. The maximum absolute atomic E-state index is 13.0. The molecule has 0 spiro atoms. The van der Waals surface area contributed by atoms with E-state index in [1.54, 1.807) is 4.90 Å². The molecule has 1 fully saturated rings. The molecule has 160 valence electrons. The third kappa shape index (κ3) is 5.82. The Morgan fingerprint density at radius 3 is 2.20 bits per heavy atom. The normalized spacial score (nSPS) is 14.4. The van der Waals surface area contributed by atoms with Gasteiger partial charge >= 0.3 is 6.18 Å². The van der Waals surface area contributed by atoms with Crippen molar-refractivity contribution in [1.82, 2.24) is 15.1 Å². The molecule has 0 saturated carbocycles. The lowest BCUT2D eigenvalue weighted by Gasteiger charge is -2.30. The van der Waals surface area contributed by atoms with Crippen molar-refractivity contribution in [2.45, 2.75) is 12.6 Å². The number of rotatable bonds is 6. The highest BCUT2D eigenvalue weighted by molar-refractivity contribution is 5.96. The number of nitrogens with zero attached hydrogens (tertiary/aromatic N) is 2. The van der Waals surface area contributed by atoms with Crippen molar-refractivity contribution < 1.29 is 22.8 Å². The Bertz CT molecular complexity index is 848. The maximum Gasteiger partial charge on any atom is 0.416 e. The van der Waals surface area contributed by atoms with Crippen molar-refractivity contribution in [1.29, 1.82) is 0 Å². The molecule has 2 aromatic carbocycles. The summed E-state index contributed by atoms with van der Waals surface area (Å²) in [6.07, 6.45) is -3.92. The molecule has 2 amide bonds. The fraction of sp³-hybridized carbons (Fsp3) is 0.364. The Morgan fingerprint density at radius 1 is 0.967 bits per heavy atom. The fourth-order valence-corrected chi connectivity index (χ4v) is 3.32. The first kappa shape index (κ1) is 21.8. The number of hydrogen-bond acceptors (Lipinski definition) is 3. The first-order valence-electron chi connectivity index (χ1n) is 9.83. The number of benzene rings is 2. The van der Waals surface area contributed by atoms with Crippen molar-refractivity contribution in [2.24, 2.45) is 0 Å². The number of alkyl halides is 3. The Morgan fingerprint density at radius 2 is 1.60 bits per heavy atom. The largest absolute Gasteiger partial charge is 0.416 e. The Hall–Kier alpha value is -2.87. The summed E-state index contributed by atoms with van der Waals surface area (Å²) in [4.78, 5) is 28.8. The van der Waals surface area contributed by atoms with Gasteiger partial charge in [-0.3, -0.25) is 9.59 Å². The number of halogens is 3. The van der Waals surface area contributed by atoms with Gasteiger partial charge in [0.1, 0.15) is 6.54 Å². The molecule has 0 atom stereocenters. The summed E-state index contributed by atoms with van der Waals surface area (Å²) in [5.41, 5.74) is 0.327. The number of carbonyl (C=O) groups is 2. The summed E-state index contributed by atoms with van der Waals surface area (Å²) in [5.74, 6) is -0.618. The zero-order valence-corrected chi connectivity index (χ0v) is 16.5. The van der Waals surface area contributed by atoms with E-state index >= 15 is 0 Å². The summed E-state index contributed by atoms with van der Waals surface area (Å²) in [6, 6.07) is 13.6. The Labute approximate surface area is 173 Å². The van der Waals surface area contributed by atoms with Gasteiger partial charge in [-0.25, -0.2) is 0 Å². The first-order chi connectivity index (χ1) is 14.3. The quantitative estimate of drug-likeness (QED) is 0.784. The lowest BCUT2D eigenvalue weighted by Crippen LogP contribution is -2.50. The first-order valence-corrected chi connectivity index (χ1v) is 9.83. The van der Waals surface area contributed by atoms with Gasteiger partial charge in [-0.1, -0.05) is 30.3 Å². The van der Waals surface area contributed by atoms with E-state index in [4.69, 9.17) is 0 Å². The van der Waals surface area contributed by atoms with Crippen LogP contribution in [0.3, 0.4) is 0 Å². The molecule has 0 aromatic heterocycles. The van der Waals surface area contributed by atoms with Gasteiger partial charge in [0.15, 0.2) is 0 Å². The molecule has 1 heterocycles. The van der Waals surface area contributed by atoms with Gasteiger partial charge in [-0.05, 0) is 36.2 Å². The standard InChI is InChI=1S/C22H24F3N3O2/c23-22(24,25)19-8-6-18(7-9-19)21(30)28(13-10-17-4-2-1-3-5-17)16-20(29)27-14-11-26-12-15-27/h1-9,26H,10-16H2. The van der Waals surface area contributed by atoms with E-state index in [0.717, 1.165) is 29.8 Å². The van der Waals surface area contributed by atoms with Gasteiger partial charge in [-0.15, -0.1) is 0 Å². The van der Waals surface area contributed by atoms with Crippen LogP contribution in [-0.2, 0) is 17.4 Å². The summed E-state index contributed by atoms with van der Waals surface area (Å²) in [5, 5.41) is 3.17. The minimum atomic E-state index is -4.47. The molecule has 0 aliphatic carbocycles. The van der Waals surface area contributed by atoms with Crippen LogP contribution in [-0.4, -0.2) is 60.9 Å². The van der Waals surface area contributed by atoms with Crippen molar-refractivity contribution >= 4 is 11.8 Å². The minimum Gasteiger partial charge on any atom is -0.339 e. The van der Waals surface area contributed by atoms with Crippen LogP contribution in [0.4, 0.5) is 13.2 Å². The molecule has 0 bridgehead atoms. The van der Waals surface area contributed by atoms with Crippen molar-refractivity contribution in [3.63, 3.8) is 0 Å². The van der Waals surface area contributed by atoms with Gasteiger partial charge in [0.2, 0.25) is 5.91 Å². The number of piperazine rings is 1. The van der Waals surface area contributed by atoms with Gasteiger partial charge in [-0.2, -0.15) is 13.2 Å². The molecule has 2 aromatic rings. The van der Waals surface area contributed by atoms with Crippen LogP contribution in [0.1, 0.15) is 21.5 Å². The molecule has 1 aliphatic heterocycles. The van der Waals surface area contributed by atoms with Gasteiger partial charge in [0, 0.05) is 38.3 Å². The number of nitrogens with one attached hydrogen (secondary N) is 1. The topological polar surface area (TPSA) is 52.7 Å². The highest BCUT2D eigenvalue weighted by Crippen LogP contribution is 2.29. The molecule has 1 aliphatic rings. The van der Waals surface area contributed by atoms with Crippen molar-refractivity contribution in [3.05, 3.63) is 71.3 Å². The molecule has 3 rings (SSSR count). The summed E-state index contributed by atoms with van der Waals surface area (Å²) in [7, 11) is 0. The van der Waals surface area contributed by atoms with Crippen LogP contribution in [0.2, 0.25) is 0 Å². The average Bonchev–Trinajstić information content (AvgIpc) is 2.77. The molecule has 1 saturated heterocycles. The van der Waals surface area contributed by atoms with Crippen LogP contribution < -0.4 is 5.32 Å². The molecule has 30 heavy (non-hydrogen) atoms. The molecule has 5 nitrogen and oxygen atoms in total.